The van der Waals surface area contributed by atoms with Crippen molar-refractivity contribution < 1.29 is 99.2 Å². The van der Waals surface area contributed by atoms with Crippen LogP contribution < -0.4 is 44.9 Å². The van der Waals surface area contributed by atoms with Crippen LogP contribution >= 0.6 is 0 Å². The molecule has 4 atom stereocenters. The molecule has 7 aliphatic heterocycles. The molecule has 3 N–H and O–H groups in total. The van der Waals surface area contributed by atoms with Gasteiger partial charge in [-0.3, -0.25) is 29.1 Å². The Hall–Kier alpha value is -11.2. The summed E-state index contributed by atoms with van der Waals surface area (Å²) in [5.74, 6) is -5.17. The number of nitrogens with one attached hydrogen (secondary N) is 3. The molecule has 7 saturated heterocycles. The summed E-state index contributed by atoms with van der Waals surface area (Å²) in [5, 5.41) is 7.57. The van der Waals surface area contributed by atoms with E-state index in [2.05, 4.69) is 65.2 Å². The number of piperazine rings is 3. The van der Waals surface area contributed by atoms with Gasteiger partial charge in [-0.15, -0.1) is 0 Å². The highest BCUT2D eigenvalue weighted by molar-refractivity contribution is 7.91. The molecule has 25 nitrogen and oxygen atoms in total. The Labute approximate surface area is 751 Å². The van der Waals surface area contributed by atoms with Crippen molar-refractivity contribution in [3.05, 3.63) is 214 Å². The number of alkyl halides is 9. The van der Waals surface area contributed by atoms with Crippen LogP contribution in [0.4, 0.5) is 86.8 Å². The van der Waals surface area contributed by atoms with Crippen LogP contribution in [0.25, 0.3) is 33.4 Å². The number of anilines is 6. The number of amides is 3. The second kappa shape index (κ2) is 40.9. The maximum absolute atomic E-state index is 15.3. The van der Waals surface area contributed by atoms with E-state index in [1.807, 2.05) is 38.0 Å². The van der Waals surface area contributed by atoms with E-state index in [9.17, 15) is 62.3 Å². The molecule has 38 heteroatoms. The highest BCUT2D eigenvalue weighted by Gasteiger charge is 2.44. The van der Waals surface area contributed by atoms with Gasteiger partial charge in [-0.1, -0.05) is 36.4 Å². The highest BCUT2D eigenvalue weighted by Crippen LogP contribution is 2.44. The molecule has 16 rings (SSSR count). The van der Waals surface area contributed by atoms with Crippen LogP contribution in [0.1, 0.15) is 83.7 Å². The predicted octanol–water partition coefficient (Wildman–Crippen LogP) is 14.6. The first-order valence-corrected chi connectivity index (χ1v) is 44.7. The number of rotatable bonds is 23. The van der Waals surface area contributed by atoms with E-state index >= 15 is 13.2 Å². The average Bonchev–Trinajstić information content (AvgIpc) is 1.04. The average molecular weight is 1850 g/mol. The maximum atomic E-state index is 15.3. The number of carbonyl (C=O) groups is 3. The van der Waals surface area contributed by atoms with Crippen LogP contribution in [-0.2, 0) is 57.5 Å². The molecule has 131 heavy (non-hydrogen) atoms. The number of likely N-dealkylation sites (tertiary alicyclic amines) is 1. The number of pyridine rings is 3. The fraction of sp³-hybridized carbons (Fsp3) is 0.419. The standard InChI is InChI=1S/C31H35F4N5O4S.C31H33F4N5O3.C31H35F4N5O3/c1-38-10-12-40(13-11-38)28-7-5-21(15-27(28)37-30(41)24-17-36-29(44-2)16-25(24)31(33,34)35)23-14-20(4-6-26(23)32)18-39-9-8-22(19-39)45(3,42)43;1-38-7-9-39(10-8-38)28-6-4-20(23-11-19(3-5-26(23)32)16-40-21-13-22(40)18-43-17-21)12-27(28)37-30(41)24-15-36-29(42-2)14-25(24)31(33,34)35;1-38-9-11-40(12-10-38)28-7-5-21(23-14-20(4-6-26(23)32)18-39(2)22-8-13-43-19-22)15-27(28)37-30(41)24-17-36-29(42-3)16-25(24)31(33,34)35/h4-7,14-17,22H,8-13,18-19H2,1-3H3,(H,37,41);3-6,11-12,14-15,21-22H,7-10,13,16-18H2,1-2H3,(H,37,41);4-7,14-17,22H,8-13,18-19H2,1-3H3,(H,37,41)/t22-;;/m1../s1. The molecular formula is C93H103F12N15O10S. The van der Waals surface area contributed by atoms with Gasteiger partial charge in [0.2, 0.25) is 17.6 Å². The van der Waals surface area contributed by atoms with Crippen molar-refractivity contribution in [2.45, 2.75) is 80.8 Å². The van der Waals surface area contributed by atoms with E-state index in [-0.39, 0.29) is 46.3 Å². The molecule has 3 aromatic heterocycles. The van der Waals surface area contributed by atoms with Crippen LogP contribution in [0.3, 0.4) is 0 Å². The molecule has 0 aliphatic carbocycles. The topological polar surface area (TPSA) is 235 Å². The van der Waals surface area contributed by atoms with E-state index in [1.54, 1.807) is 91.0 Å². The second-order valence-electron chi connectivity index (χ2n) is 33.8. The fourth-order valence-electron chi connectivity index (χ4n) is 17.2. The van der Waals surface area contributed by atoms with E-state index in [1.165, 1.54) is 45.8 Å². The van der Waals surface area contributed by atoms with Crippen LogP contribution in [0.5, 0.6) is 17.6 Å². The lowest BCUT2D eigenvalue weighted by Crippen LogP contribution is -2.62. The number of likely N-dealkylation sites (N-methyl/N-ethyl adjacent to an activating group) is 4. The number of fused-ring (bicyclic) bond motifs is 2. The first kappa shape index (κ1) is 95.8. The Morgan fingerprint density at radius 1 is 0.458 bits per heavy atom. The number of benzene rings is 6. The number of methoxy groups -OCH3 is 3. The smallest absolute Gasteiger partial charge is 0.417 e. The molecule has 3 amide bonds. The van der Waals surface area contributed by atoms with Crippen molar-refractivity contribution in [2.75, 3.05) is 204 Å². The Bertz CT molecular complexity index is 5720. The lowest BCUT2D eigenvalue weighted by Gasteiger charge is -2.52. The largest absolute Gasteiger partial charge is 0.481 e. The third-order valence-electron chi connectivity index (χ3n) is 24.9. The number of ether oxygens (including phenoxy) is 5. The van der Waals surface area contributed by atoms with E-state index in [4.69, 9.17) is 23.7 Å². The maximum Gasteiger partial charge on any atom is 0.417 e. The molecule has 0 saturated carbocycles. The Balaban J connectivity index is 0.000000158. The van der Waals surface area contributed by atoms with Gasteiger partial charge in [0, 0.05) is 189 Å². The number of sulfone groups is 1. The first-order chi connectivity index (χ1) is 62.4. The van der Waals surface area contributed by atoms with E-state index in [0.717, 1.165) is 94.0 Å². The van der Waals surface area contributed by atoms with Crippen molar-refractivity contribution in [2.24, 2.45) is 0 Å². The summed E-state index contributed by atoms with van der Waals surface area (Å²) in [5.41, 5.74) is 2.15. The molecule has 9 aromatic rings. The van der Waals surface area contributed by atoms with Crippen LogP contribution in [0, 0.1) is 17.5 Å². The third kappa shape index (κ3) is 23.3. The number of hydrogen-bond donors (Lipinski definition) is 3. The minimum Gasteiger partial charge on any atom is -0.481 e. The third-order valence-corrected chi connectivity index (χ3v) is 26.5. The summed E-state index contributed by atoms with van der Waals surface area (Å²) in [6, 6.07) is 33.0. The SMILES string of the molecule is COc1cc(C(F)(F)F)c(C(=O)Nc2cc(-c3cc(CN(C)C4CCOC4)ccc3F)ccc2N2CCN(C)CC2)cn1.COc1cc(C(F)(F)F)c(C(=O)Nc2cc(-c3cc(CN4C5COCC4C5)ccc3F)ccc2N2CCN(C)CC2)cn1.COc1cc(C(F)(F)F)c(C(=O)Nc2cc(-c3cc(CN4CC[C@@H](S(C)(=O)=O)C4)ccc3F)ccc2N2CCN(C)CC2)cn1. The molecule has 7 aliphatic rings. The van der Waals surface area contributed by atoms with Gasteiger partial charge in [-0.2, -0.15) is 39.5 Å². The molecule has 10 heterocycles. The molecular weight excluding hydrogens is 1750 g/mol. The first-order valence-electron chi connectivity index (χ1n) is 42.8. The zero-order chi connectivity index (χ0) is 93.5. The summed E-state index contributed by atoms with van der Waals surface area (Å²) in [6.07, 6.45) is -8.13. The van der Waals surface area contributed by atoms with Crippen LogP contribution in [0.2, 0.25) is 0 Å². The Morgan fingerprint density at radius 3 is 1.15 bits per heavy atom. The van der Waals surface area contributed by atoms with Crippen molar-refractivity contribution in [3.63, 3.8) is 0 Å². The summed E-state index contributed by atoms with van der Waals surface area (Å²) in [4.78, 5) is 70.8. The van der Waals surface area contributed by atoms with Crippen molar-refractivity contribution in [1.29, 1.82) is 0 Å². The summed E-state index contributed by atoms with van der Waals surface area (Å²) < 4.78 is 220. The van der Waals surface area contributed by atoms with Gasteiger partial charge in [0.15, 0.2) is 9.84 Å². The lowest BCUT2D eigenvalue weighted by atomic mass is 9.90. The molecule has 3 unspecified atom stereocenters. The van der Waals surface area contributed by atoms with Gasteiger partial charge < -0.3 is 69.0 Å². The van der Waals surface area contributed by atoms with Gasteiger partial charge in [-0.05, 0) is 160 Å². The molecule has 700 valence electrons. The van der Waals surface area contributed by atoms with E-state index in [0.29, 0.717) is 173 Å². The van der Waals surface area contributed by atoms with E-state index < -0.39 is 102 Å². The Kier molecular flexibility index (Phi) is 29.9. The summed E-state index contributed by atoms with van der Waals surface area (Å²) >= 11 is 0. The number of nitrogens with zero attached hydrogens (tertiary/aromatic N) is 12. The molecule has 2 bridgehead atoms. The Morgan fingerprint density at radius 2 is 0.817 bits per heavy atom. The van der Waals surface area contributed by atoms with Crippen LogP contribution in [-0.4, -0.2) is 268 Å². The normalized spacial score (nSPS) is 19.0. The highest BCUT2D eigenvalue weighted by atomic mass is 32.2. The minimum atomic E-state index is -4.84. The zero-order valence-electron chi connectivity index (χ0n) is 73.5. The van der Waals surface area contributed by atoms with Crippen molar-refractivity contribution in [3.8, 4) is 51.0 Å². The molecule has 0 spiro atoms. The molecule has 0 radical (unpaired) electrons. The van der Waals surface area contributed by atoms with Crippen LogP contribution in [0.15, 0.2) is 146 Å². The second-order valence-corrected chi connectivity index (χ2v) is 36.2. The number of morpholine rings is 1. The number of hydrogen-bond acceptors (Lipinski definition) is 22. The fourth-order valence-corrected chi connectivity index (χ4v) is 18.2. The minimum absolute atomic E-state index is 0.228. The molecule has 7 fully saturated rings. The number of halogens is 12. The van der Waals surface area contributed by atoms with Crippen molar-refractivity contribution in [1.82, 2.24) is 44.4 Å². The van der Waals surface area contributed by atoms with Gasteiger partial charge in [0.25, 0.3) is 17.7 Å². The molecule has 6 aromatic carbocycles. The van der Waals surface area contributed by atoms with Crippen molar-refractivity contribution >= 4 is 61.7 Å². The van der Waals surface area contributed by atoms with Gasteiger partial charge in [0.1, 0.15) is 17.5 Å². The summed E-state index contributed by atoms with van der Waals surface area (Å²) in [7, 11) is 8.42. The monoisotopic (exact) mass is 1850 g/mol. The quantitative estimate of drug-likeness (QED) is 0.0505. The predicted molar refractivity (Wildman–Crippen MR) is 474 cm³/mol. The lowest BCUT2D eigenvalue weighted by molar-refractivity contribution is -0.138. The van der Waals surface area contributed by atoms with Gasteiger partial charge >= 0.3 is 18.5 Å². The van der Waals surface area contributed by atoms with Gasteiger partial charge in [-0.25, -0.2) is 36.5 Å². The number of carbonyl (C=O) groups excluding carboxylic acids is 3. The number of aromatic nitrogens is 3. The van der Waals surface area contributed by atoms with Gasteiger partial charge in [0.05, 0.1) is 114 Å². The zero-order valence-corrected chi connectivity index (χ0v) is 74.3. The summed E-state index contributed by atoms with van der Waals surface area (Å²) in [6.45, 7) is 13.8.